The fourth-order valence-electron chi connectivity index (χ4n) is 2.74. The molecule has 0 radical (unpaired) electrons. The van der Waals surface area contributed by atoms with E-state index in [2.05, 4.69) is 0 Å². The molecular weight excluding hydrogens is 332 g/mol. The van der Waals surface area contributed by atoms with Crippen LogP contribution in [0.4, 0.5) is 0 Å². The number of methoxy groups -OCH3 is 1. The van der Waals surface area contributed by atoms with E-state index in [1.807, 2.05) is 0 Å². The van der Waals surface area contributed by atoms with E-state index < -0.39 is 74.6 Å². The molecule has 24 heavy (non-hydrogen) atoms. The average Bonchev–Trinajstić information content (AvgIpc) is 2.58. The molecule has 0 bridgehead atoms. The van der Waals surface area contributed by atoms with Gasteiger partial charge in [-0.15, -0.1) is 0 Å². The Morgan fingerprint density at radius 2 is 1.25 bits per heavy atom. The van der Waals surface area contributed by atoms with Crippen LogP contribution in [0.2, 0.25) is 0 Å². The van der Waals surface area contributed by atoms with Gasteiger partial charge in [0.15, 0.2) is 12.6 Å². The predicted molar refractivity (Wildman–Crippen MR) is 73.4 cm³/mol. The van der Waals surface area contributed by atoms with Crippen molar-refractivity contribution in [2.24, 2.45) is 0 Å². The van der Waals surface area contributed by atoms with Gasteiger partial charge in [0.25, 0.3) is 0 Å². The lowest BCUT2D eigenvalue weighted by atomic mass is 9.97. The third-order valence-corrected chi connectivity index (χ3v) is 4.19. The third kappa shape index (κ3) is 3.71. The van der Waals surface area contributed by atoms with Gasteiger partial charge in [-0.2, -0.15) is 0 Å². The summed E-state index contributed by atoms with van der Waals surface area (Å²) in [5, 5.41) is 68.1. The van der Waals surface area contributed by atoms with Crippen molar-refractivity contribution in [1.82, 2.24) is 0 Å². The van der Waals surface area contributed by atoms with E-state index in [1.54, 1.807) is 0 Å². The molecule has 2 saturated heterocycles. The Kier molecular flexibility index (Phi) is 6.87. The number of rotatable bonds is 5. The second kappa shape index (κ2) is 8.29. The van der Waals surface area contributed by atoms with Gasteiger partial charge in [-0.3, -0.25) is 0 Å². The maximum absolute atomic E-state index is 10.2. The molecule has 0 spiro atoms. The number of aliphatic hydroxyl groups excluding tert-OH is 7. The molecule has 2 aliphatic rings. The fourth-order valence-corrected chi connectivity index (χ4v) is 2.74. The van der Waals surface area contributed by atoms with Crippen molar-refractivity contribution in [1.29, 1.82) is 0 Å². The van der Waals surface area contributed by atoms with Gasteiger partial charge in [-0.25, -0.2) is 0 Å². The predicted octanol–water partition coefficient (Wildman–Crippen LogP) is -4.74. The molecule has 6 unspecified atom stereocenters. The summed E-state index contributed by atoms with van der Waals surface area (Å²) in [6.07, 6.45) is -14.4. The highest BCUT2D eigenvalue weighted by Gasteiger charge is 2.50. The second-order valence-corrected chi connectivity index (χ2v) is 5.74. The third-order valence-electron chi connectivity index (χ3n) is 4.19. The van der Waals surface area contributed by atoms with Crippen molar-refractivity contribution < 1.29 is 54.7 Å². The normalized spacial score (nSPS) is 50.0. The minimum Gasteiger partial charge on any atom is -0.394 e. The Labute approximate surface area is 137 Å². The first-order valence-electron chi connectivity index (χ1n) is 7.46. The monoisotopic (exact) mass is 356 g/mol. The zero-order valence-corrected chi connectivity index (χ0v) is 13.0. The van der Waals surface area contributed by atoms with Crippen molar-refractivity contribution >= 4 is 0 Å². The summed E-state index contributed by atoms with van der Waals surface area (Å²) < 4.78 is 20.6. The molecule has 142 valence electrons. The Hall–Kier alpha value is -0.440. The topological polar surface area (TPSA) is 179 Å². The molecule has 7 N–H and O–H groups in total. The van der Waals surface area contributed by atoms with E-state index in [0.29, 0.717) is 0 Å². The van der Waals surface area contributed by atoms with E-state index in [1.165, 1.54) is 7.11 Å². The molecule has 0 aromatic carbocycles. The molecule has 2 rings (SSSR count). The van der Waals surface area contributed by atoms with Crippen molar-refractivity contribution in [2.75, 3.05) is 20.3 Å². The van der Waals surface area contributed by atoms with Gasteiger partial charge < -0.3 is 54.7 Å². The summed E-state index contributed by atoms with van der Waals surface area (Å²) in [4.78, 5) is 0. The van der Waals surface area contributed by atoms with Gasteiger partial charge in [-0.05, 0) is 0 Å². The van der Waals surface area contributed by atoms with Gasteiger partial charge in [0.2, 0.25) is 0 Å². The number of hydrogen-bond donors (Lipinski definition) is 7. The van der Waals surface area contributed by atoms with Crippen LogP contribution in [0.1, 0.15) is 0 Å². The molecule has 0 aromatic heterocycles. The highest BCUT2D eigenvalue weighted by atomic mass is 16.7. The second-order valence-electron chi connectivity index (χ2n) is 5.74. The van der Waals surface area contributed by atoms with Crippen LogP contribution in [0.3, 0.4) is 0 Å². The lowest BCUT2D eigenvalue weighted by Gasteiger charge is -2.45. The molecule has 2 aliphatic heterocycles. The van der Waals surface area contributed by atoms with E-state index in [4.69, 9.17) is 24.1 Å². The average molecular weight is 356 g/mol. The maximum Gasteiger partial charge on any atom is 0.187 e. The van der Waals surface area contributed by atoms with Crippen molar-refractivity contribution in [2.45, 2.75) is 61.4 Å². The minimum atomic E-state index is -1.70. The van der Waals surface area contributed by atoms with E-state index in [0.717, 1.165) is 0 Å². The lowest BCUT2D eigenvalue weighted by molar-refractivity contribution is -0.358. The van der Waals surface area contributed by atoms with E-state index >= 15 is 0 Å². The molecule has 11 heteroatoms. The molecule has 10 atom stereocenters. The van der Waals surface area contributed by atoms with Crippen LogP contribution < -0.4 is 0 Å². The van der Waals surface area contributed by atoms with E-state index in [9.17, 15) is 30.6 Å². The summed E-state index contributed by atoms with van der Waals surface area (Å²) in [6.45, 7) is -1.23. The summed E-state index contributed by atoms with van der Waals surface area (Å²) in [6, 6.07) is 0. The number of aliphatic hydroxyl groups is 7. The standard InChI is InChI=1S/C13H24O11/c1-21-12-10(20)11(7(17)5(3-15)22-12)24-13-9(19)8(18)6(16)4(2-14)23-13/h4-20H,2-3H2,1H3/t4?,5?,6-,7-,8?,9?,10?,11?,12+,13+/m0/s1. The summed E-state index contributed by atoms with van der Waals surface area (Å²) in [7, 11) is 1.24. The molecule has 0 saturated carbocycles. The van der Waals surface area contributed by atoms with Crippen molar-refractivity contribution in [3.8, 4) is 0 Å². The Morgan fingerprint density at radius 1 is 0.708 bits per heavy atom. The quantitative estimate of drug-likeness (QED) is 0.251. The first kappa shape index (κ1) is 19.9. The van der Waals surface area contributed by atoms with Crippen LogP contribution in [0, 0.1) is 0 Å². The van der Waals surface area contributed by atoms with Gasteiger partial charge in [0.1, 0.15) is 48.8 Å². The minimum absolute atomic E-state index is 0.581. The molecular formula is C13H24O11. The van der Waals surface area contributed by atoms with Crippen LogP contribution >= 0.6 is 0 Å². The zero-order valence-electron chi connectivity index (χ0n) is 13.0. The van der Waals surface area contributed by atoms with Gasteiger partial charge in [0.05, 0.1) is 13.2 Å². The molecule has 0 aromatic rings. The smallest absolute Gasteiger partial charge is 0.187 e. The molecule has 2 fully saturated rings. The zero-order chi connectivity index (χ0) is 18.0. The molecule has 11 nitrogen and oxygen atoms in total. The van der Waals surface area contributed by atoms with Gasteiger partial charge in [0, 0.05) is 7.11 Å². The van der Waals surface area contributed by atoms with Crippen molar-refractivity contribution in [3.05, 3.63) is 0 Å². The van der Waals surface area contributed by atoms with Crippen molar-refractivity contribution in [3.63, 3.8) is 0 Å². The largest absolute Gasteiger partial charge is 0.394 e. The van der Waals surface area contributed by atoms with Crippen LogP contribution in [0.25, 0.3) is 0 Å². The highest BCUT2D eigenvalue weighted by Crippen LogP contribution is 2.29. The SMILES string of the molecule is CO[C@@H]1OC(CO)[C@H](O)C(O[C@H]2OC(CO)[C@H](O)C(O)C2O)C1O. The van der Waals surface area contributed by atoms with Gasteiger partial charge >= 0.3 is 0 Å². The molecule has 0 aliphatic carbocycles. The lowest BCUT2D eigenvalue weighted by Crippen LogP contribution is -2.64. The Morgan fingerprint density at radius 3 is 1.79 bits per heavy atom. The van der Waals surface area contributed by atoms with E-state index in [-0.39, 0.29) is 0 Å². The van der Waals surface area contributed by atoms with Crippen LogP contribution in [-0.2, 0) is 18.9 Å². The summed E-state index contributed by atoms with van der Waals surface area (Å²) in [5.41, 5.74) is 0. The Balaban J connectivity index is 2.14. The van der Waals surface area contributed by atoms with Crippen LogP contribution in [0.15, 0.2) is 0 Å². The fraction of sp³-hybridized carbons (Fsp3) is 1.00. The first-order chi connectivity index (χ1) is 11.3. The molecule has 0 amide bonds. The van der Waals surface area contributed by atoms with Crippen LogP contribution in [0.5, 0.6) is 0 Å². The number of ether oxygens (including phenoxy) is 4. The first-order valence-corrected chi connectivity index (χ1v) is 7.46. The summed E-state index contributed by atoms with van der Waals surface area (Å²) >= 11 is 0. The molecule has 2 heterocycles. The maximum atomic E-state index is 10.2. The number of hydrogen-bond acceptors (Lipinski definition) is 11. The van der Waals surface area contributed by atoms with Crippen LogP contribution in [-0.4, -0.2) is 117 Å². The summed E-state index contributed by atoms with van der Waals surface area (Å²) in [5.74, 6) is 0. The highest BCUT2D eigenvalue weighted by molar-refractivity contribution is 4.93. The Bertz CT molecular complexity index is 378. The van der Waals surface area contributed by atoms with Gasteiger partial charge in [-0.1, -0.05) is 0 Å².